The van der Waals surface area contributed by atoms with Gasteiger partial charge in [0.15, 0.2) is 0 Å². The van der Waals surface area contributed by atoms with Gasteiger partial charge in [0.1, 0.15) is 5.65 Å². The molecule has 6 heteroatoms. The first kappa shape index (κ1) is 14.4. The lowest BCUT2D eigenvalue weighted by atomic mass is 10.1. The van der Waals surface area contributed by atoms with Gasteiger partial charge in [-0.3, -0.25) is 4.90 Å². The fourth-order valence-electron chi connectivity index (χ4n) is 2.97. The van der Waals surface area contributed by atoms with Crippen molar-refractivity contribution in [2.24, 2.45) is 0 Å². The standard InChI is InChI=1S/C15H18F3N3/c1-9(2)20-4-5-21-13(8-20)10(3)12-6-11(15(16,17)18)7-19-14(12)21/h6-7,9H,4-5,8H2,1-3H3. The summed E-state index contributed by atoms with van der Waals surface area (Å²) in [4.78, 5) is 6.40. The van der Waals surface area contributed by atoms with E-state index in [1.165, 1.54) is 6.07 Å². The minimum Gasteiger partial charge on any atom is -0.327 e. The van der Waals surface area contributed by atoms with Gasteiger partial charge in [-0.25, -0.2) is 4.98 Å². The highest BCUT2D eigenvalue weighted by molar-refractivity contribution is 5.82. The van der Waals surface area contributed by atoms with Crippen molar-refractivity contribution in [2.45, 2.75) is 46.1 Å². The van der Waals surface area contributed by atoms with E-state index in [-0.39, 0.29) is 0 Å². The van der Waals surface area contributed by atoms with Gasteiger partial charge in [0.05, 0.1) is 5.56 Å². The average Bonchev–Trinajstić information content (AvgIpc) is 2.70. The number of aryl methyl sites for hydroxylation is 1. The Morgan fingerprint density at radius 3 is 2.57 bits per heavy atom. The molecule has 0 spiro atoms. The van der Waals surface area contributed by atoms with Crippen LogP contribution < -0.4 is 0 Å². The second kappa shape index (κ2) is 4.73. The fraction of sp³-hybridized carbons (Fsp3) is 0.533. The van der Waals surface area contributed by atoms with E-state index < -0.39 is 11.7 Å². The largest absolute Gasteiger partial charge is 0.417 e. The van der Waals surface area contributed by atoms with Crippen molar-refractivity contribution in [2.75, 3.05) is 6.54 Å². The van der Waals surface area contributed by atoms with Gasteiger partial charge in [-0.15, -0.1) is 0 Å². The molecular weight excluding hydrogens is 279 g/mol. The third-order valence-corrected chi connectivity index (χ3v) is 4.31. The SMILES string of the molecule is Cc1c2n(c3ncc(C(F)(F)F)cc13)CCN(C(C)C)C2. The first-order chi connectivity index (χ1) is 9.79. The Labute approximate surface area is 121 Å². The van der Waals surface area contributed by atoms with Crippen LogP contribution in [0.2, 0.25) is 0 Å². The Kier molecular flexibility index (Phi) is 3.24. The summed E-state index contributed by atoms with van der Waals surface area (Å²) in [6, 6.07) is 1.65. The summed E-state index contributed by atoms with van der Waals surface area (Å²) < 4.78 is 40.6. The monoisotopic (exact) mass is 297 g/mol. The molecule has 0 saturated heterocycles. The summed E-state index contributed by atoms with van der Waals surface area (Å²) >= 11 is 0. The molecule has 0 unspecified atom stereocenters. The van der Waals surface area contributed by atoms with Crippen LogP contribution in [0.5, 0.6) is 0 Å². The second-order valence-corrected chi connectivity index (χ2v) is 5.88. The molecule has 0 saturated carbocycles. The number of halogens is 3. The number of rotatable bonds is 1. The summed E-state index contributed by atoms with van der Waals surface area (Å²) in [5, 5.41) is 0.616. The molecule has 0 radical (unpaired) electrons. The molecule has 0 aromatic carbocycles. The normalized spacial score (nSPS) is 16.7. The summed E-state index contributed by atoms with van der Waals surface area (Å²) in [6.07, 6.45) is -3.41. The van der Waals surface area contributed by atoms with Crippen LogP contribution in [0.15, 0.2) is 12.3 Å². The van der Waals surface area contributed by atoms with Gasteiger partial charge >= 0.3 is 6.18 Å². The number of alkyl halides is 3. The van der Waals surface area contributed by atoms with Crippen molar-refractivity contribution >= 4 is 11.0 Å². The van der Waals surface area contributed by atoms with Gasteiger partial charge in [-0.1, -0.05) is 0 Å². The summed E-state index contributed by atoms with van der Waals surface area (Å²) in [7, 11) is 0. The number of hydrogen-bond acceptors (Lipinski definition) is 2. The Morgan fingerprint density at radius 2 is 1.95 bits per heavy atom. The van der Waals surface area contributed by atoms with Gasteiger partial charge in [0.25, 0.3) is 0 Å². The van der Waals surface area contributed by atoms with E-state index in [0.717, 1.165) is 37.1 Å². The highest BCUT2D eigenvalue weighted by Gasteiger charge is 2.32. The van der Waals surface area contributed by atoms with Crippen molar-refractivity contribution in [3.05, 3.63) is 29.1 Å². The molecular formula is C15H18F3N3. The Hall–Kier alpha value is -1.56. The predicted molar refractivity (Wildman–Crippen MR) is 75.0 cm³/mol. The average molecular weight is 297 g/mol. The molecule has 0 aliphatic carbocycles. The number of aromatic nitrogens is 2. The van der Waals surface area contributed by atoms with Crippen LogP contribution in [0.4, 0.5) is 13.2 Å². The second-order valence-electron chi connectivity index (χ2n) is 5.88. The molecule has 2 aromatic heterocycles. The van der Waals surface area contributed by atoms with E-state index in [4.69, 9.17) is 0 Å². The molecule has 0 fully saturated rings. The molecule has 0 N–H and O–H groups in total. The van der Waals surface area contributed by atoms with Gasteiger partial charge in [0, 0.05) is 43.0 Å². The fourth-order valence-corrected chi connectivity index (χ4v) is 2.97. The summed E-state index contributed by atoms with van der Waals surface area (Å²) in [5.41, 5.74) is 1.98. The van der Waals surface area contributed by atoms with Crippen LogP contribution in [0, 0.1) is 6.92 Å². The molecule has 1 aliphatic rings. The molecule has 0 amide bonds. The van der Waals surface area contributed by atoms with Gasteiger partial charge in [0.2, 0.25) is 0 Å². The molecule has 1 aliphatic heterocycles. The zero-order valence-corrected chi connectivity index (χ0v) is 12.3. The van der Waals surface area contributed by atoms with Crippen LogP contribution in [0.25, 0.3) is 11.0 Å². The quantitative estimate of drug-likeness (QED) is 0.802. The van der Waals surface area contributed by atoms with E-state index in [0.29, 0.717) is 17.1 Å². The summed E-state index contributed by atoms with van der Waals surface area (Å²) in [6.45, 7) is 8.59. The van der Waals surface area contributed by atoms with Crippen molar-refractivity contribution in [3.63, 3.8) is 0 Å². The van der Waals surface area contributed by atoms with E-state index in [9.17, 15) is 13.2 Å². The van der Waals surface area contributed by atoms with Crippen LogP contribution in [0.3, 0.4) is 0 Å². The van der Waals surface area contributed by atoms with Crippen molar-refractivity contribution < 1.29 is 13.2 Å². The van der Waals surface area contributed by atoms with E-state index in [2.05, 4.69) is 28.3 Å². The Balaban J connectivity index is 2.13. The lowest BCUT2D eigenvalue weighted by molar-refractivity contribution is -0.137. The topological polar surface area (TPSA) is 21.1 Å². The van der Waals surface area contributed by atoms with Crippen LogP contribution in [-0.2, 0) is 19.3 Å². The minimum atomic E-state index is -4.35. The zero-order valence-electron chi connectivity index (χ0n) is 12.3. The highest BCUT2D eigenvalue weighted by atomic mass is 19.4. The molecule has 21 heavy (non-hydrogen) atoms. The maximum atomic E-state index is 12.8. The third kappa shape index (κ3) is 2.31. The molecule has 3 rings (SSSR count). The van der Waals surface area contributed by atoms with Crippen molar-refractivity contribution in [1.82, 2.24) is 14.5 Å². The smallest absolute Gasteiger partial charge is 0.327 e. The number of hydrogen-bond donors (Lipinski definition) is 0. The van der Waals surface area contributed by atoms with Gasteiger partial charge in [-0.05, 0) is 32.4 Å². The molecule has 3 heterocycles. The van der Waals surface area contributed by atoms with Crippen molar-refractivity contribution in [1.29, 1.82) is 0 Å². The molecule has 2 aromatic rings. The van der Waals surface area contributed by atoms with Gasteiger partial charge < -0.3 is 4.57 Å². The van der Waals surface area contributed by atoms with E-state index in [1.54, 1.807) is 0 Å². The van der Waals surface area contributed by atoms with E-state index in [1.807, 2.05) is 6.92 Å². The minimum absolute atomic E-state index is 0.426. The first-order valence-electron chi connectivity index (χ1n) is 7.08. The Morgan fingerprint density at radius 1 is 1.24 bits per heavy atom. The van der Waals surface area contributed by atoms with Crippen molar-refractivity contribution in [3.8, 4) is 0 Å². The maximum absolute atomic E-state index is 12.8. The number of pyridine rings is 1. The summed E-state index contributed by atoms with van der Waals surface area (Å²) in [5.74, 6) is 0. The zero-order chi connectivity index (χ0) is 15.4. The van der Waals surface area contributed by atoms with Crippen LogP contribution in [-0.4, -0.2) is 27.0 Å². The predicted octanol–water partition coefficient (Wildman–Crippen LogP) is 3.59. The van der Waals surface area contributed by atoms with Crippen LogP contribution in [0.1, 0.15) is 30.7 Å². The number of fused-ring (bicyclic) bond motifs is 3. The molecule has 3 nitrogen and oxygen atoms in total. The third-order valence-electron chi connectivity index (χ3n) is 4.31. The maximum Gasteiger partial charge on any atom is 0.417 e. The van der Waals surface area contributed by atoms with Gasteiger partial charge in [-0.2, -0.15) is 13.2 Å². The lowest BCUT2D eigenvalue weighted by Crippen LogP contribution is -2.38. The first-order valence-corrected chi connectivity index (χ1v) is 7.08. The highest BCUT2D eigenvalue weighted by Crippen LogP contribution is 2.34. The van der Waals surface area contributed by atoms with Crippen LogP contribution >= 0.6 is 0 Å². The molecule has 114 valence electrons. The Bertz CT molecular complexity index is 686. The van der Waals surface area contributed by atoms with E-state index >= 15 is 0 Å². The molecule has 0 atom stereocenters. The lowest BCUT2D eigenvalue weighted by Gasteiger charge is -2.32. The molecule has 0 bridgehead atoms. The number of nitrogens with zero attached hydrogens (tertiary/aromatic N) is 3.